The highest BCUT2D eigenvalue weighted by Gasteiger charge is 2.38. The SMILES string of the molecule is CCN(CC)CCCNC(=O)c1nc(-c2ccn(Cc3ccccn3)c2)n2ccccc12.O=C(O)C(F)(F)F.O=C(O)C(F)(F)F. The van der Waals surface area contributed by atoms with Crippen molar-refractivity contribution < 1.29 is 50.9 Å². The molecule has 46 heavy (non-hydrogen) atoms. The maximum atomic E-state index is 12.9. The minimum Gasteiger partial charge on any atom is -0.475 e. The number of carboxylic acid groups (broad SMARTS) is 2. The lowest BCUT2D eigenvalue weighted by Gasteiger charge is -2.17. The standard InChI is InChI=1S/C25H30N6O.2C2HF3O2/c1-3-29(4-2)15-9-14-27-25(32)23-22-11-6-8-16-31(22)24(28-23)20-12-17-30(18-20)19-21-10-5-7-13-26-21;2*3-2(4,5)1(6)7/h5-8,10-13,16-18H,3-4,9,14-15,19H2,1-2H3,(H,27,32);2*(H,6,7). The van der Waals surface area contributed by atoms with Crippen LogP contribution in [0.15, 0.2) is 67.3 Å². The Kier molecular flexibility index (Phi) is 13.7. The van der Waals surface area contributed by atoms with Crippen LogP contribution in [-0.4, -0.2) is 90.4 Å². The first-order valence-corrected chi connectivity index (χ1v) is 13.7. The number of imidazole rings is 1. The number of hydrogen-bond donors (Lipinski definition) is 3. The van der Waals surface area contributed by atoms with Crippen molar-refractivity contribution >= 4 is 23.4 Å². The summed E-state index contributed by atoms with van der Waals surface area (Å²) in [4.78, 5) is 42.2. The van der Waals surface area contributed by atoms with Crippen molar-refractivity contribution in [1.82, 2.24) is 29.2 Å². The van der Waals surface area contributed by atoms with E-state index in [1.807, 2.05) is 65.5 Å². The quantitative estimate of drug-likeness (QED) is 0.160. The van der Waals surface area contributed by atoms with Crippen molar-refractivity contribution in [2.45, 2.75) is 39.2 Å². The third-order valence-electron chi connectivity index (χ3n) is 6.16. The van der Waals surface area contributed by atoms with E-state index in [4.69, 9.17) is 24.8 Å². The first-order chi connectivity index (χ1) is 21.6. The number of carbonyl (C=O) groups excluding carboxylic acids is 1. The lowest BCUT2D eigenvalue weighted by molar-refractivity contribution is -0.193. The first-order valence-electron chi connectivity index (χ1n) is 13.7. The summed E-state index contributed by atoms with van der Waals surface area (Å²) in [6.07, 6.45) is -1.44. The van der Waals surface area contributed by atoms with Gasteiger partial charge in [-0.15, -0.1) is 0 Å². The number of aromatic nitrogens is 4. The van der Waals surface area contributed by atoms with Crippen molar-refractivity contribution in [3.05, 3.63) is 78.6 Å². The number of hydrogen-bond acceptors (Lipinski definition) is 6. The molecule has 0 aliphatic heterocycles. The van der Waals surface area contributed by atoms with Gasteiger partial charge in [0.1, 0.15) is 5.82 Å². The Labute approximate surface area is 259 Å². The van der Waals surface area contributed by atoms with E-state index < -0.39 is 24.3 Å². The molecule has 0 saturated heterocycles. The van der Waals surface area contributed by atoms with Crippen LogP contribution in [0.2, 0.25) is 0 Å². The van der Waals surface area contributed by atoms with Crippen LogP contribution < -0.4 is 5.32 Å². The molecule has 0 aliphatic carbocycles. The van der Waals surface area contributed by atoms with Crippen molar-refractivity contribution in [2.75, 3.05) is 26.2 Å². The molecular weight excluding hydrogens is 626 g/mol. The molecular formula is C29H32F6N6O5. The second-order valence-electron chi connectivity index (χ2n) is 9.38. The van der Waals surface area contributed by atoms with E-state index in [0.29, 0.717) is 18.8 Å². The fourth-order valence-corrected chi connectivity index (χ4v) is 3.89. The van der Waals surface area contributed by atoms with E-state index >= 15 is 0 Å². The summed E-state index contributed by atoms with van der Waals surface area (Å²) in [5.41, 5.74) is 3.22. The largest absolute Gasteiger partial charge is 0.490 e. The average Bonchev–Trinajstić information content (AvgIpc) is 3.62. The smallest absolute Gasteiger partial charge is 0.475 e. The van der Waals surface area contributed by atoms with Gasteiger partial charge in [0, 0.05) is 36.9 Å². The van der Waals surface area contributed by atoms with Gasteiger partial charge >= 0.3 is 24.3 Å². The van der Waals surface area contributed by atoms with Gasteiger partial charge in [0.25, 0.3) is 5.91 Å². The maximum Gasteiger partial charge on any atom is 0.490 e. The second-order valence-corrected chi connectivity index (χ2v) is 9.38. The van der Waals surface area contributed by atoms with E-state index in [0.717, 1.165) is 48.7 Å². The summed E-state index contributed by atoms with van der Waals surface area (Å²) in [7, 11) is 0. The molecule has 17 heteroatoms. The van der Waals surface area contributed by atoms with Gasteiger partial charge in [0.15, 0.2) is 5.69 Å². The topological polar surface area (TPSA) is 142 Å². The highest BCUT2D eigenvalue weighted by molar-refractivity contribution is 6.00. The highest BCUT2D eigenvalue weighted by Crippen LogP contribution is 2.23. The molecule has 0 fully saturated rings. The van der Waals surface area contributed by atoms with Crippen LogP contribution in [0.3, 0.4) is 0 Å². The molecule has 0 bridgehead atoms. The number of fused-ring (bicyclic) bond motifs is 1. The molecule has 0 aliphatic rings. The molecule has 0 radical (unpaired) electrons. The number of halogens is 6. The Bertz CT molecular complexity index is 1540. The monoisotopic (exact) mass is 658 g/mol. The lowest BCUT2D eigenvalue weighted by atomic mass is 10.3. The Morgan fingerprint density at radius 1 is 0.891 bits per heavy atom. The summed E-state index contributed by atoms with van der Waals surface area (Å²) in [6, 6.07) is 13.8. The molecule has 250 valence electrons. The molecule has 1 amide bonds. The van der Waals surface area contributed by atoms with Crippen LogP contribution in [-0.2, 0) is 16.1 Å². The Morgan fingerprint density at radius 3 is 2.04 bits per heavy atom. The summed E-state index contributed by atoms with van der Waals surface area (Å²) in [6.45, 7) is 8.67. The summed E-state index contributed by atoms with van der Waals surface area (Å²) in [5.74, 6) is -4.89. The number of carbonyl (C=O) groups is 3. The summed E-state index contributed by atoms with van der Waals surface area (Å²) in [5, 5.41) is 17.3. The third kappa shape index (κ3) is 11.5. The molecule has 4 aromatic heterocycles. The van der Waals surface area contributed by atoms with Gasteiger partial charge in [0.05, 0.1) is 17.8 Å². The van der Waals surface area contributed by atoms with Gasteiger partial charge < -0.3 is 25.0 Å². The zero-order chi connectivity index (χ0) is 34.5. The number of amides is 1. The van der Waals surface area contributed by atoms with Crippen molar-refractivity contribution in [3.63, 3.8) is 0 Å². The molecule has 4 heterocycles. The third-order valence-corrected chi connectivity index (χ3v) is 6.16. The average molecular weight is 659 g/mol. The molecule has 4 aromatic rings. The molecule has 0 spiro atoms. The number of pyridine rings is 2. The number of carboxylic acids is 2. The van der Waals surface area contributed by atoms with E-state index in [1.165, 1.54) is 0 Å². The van der Waals surface area contributed by atoms with Crippen LogP contribution in [0.1, 0.15) is 36.5 Å². The van der Waals surface area contributed by atoms with Gasteiger partial charge in [-0.1, -0.05) is 26.0 Å². The molecule has 0 unspecified atom stereocenters. The molecule has 0 atom stereocenters. The maximum absolute atomic E-state index is 12.9. The molecule has 4 rings (SSSR count). The molecule has 0 aromatic carbocycles. The summed E-state index contributed by atoms with van der Waals surface area (Å²) < 4.78 is 67.5. The van der Waals surface area contributed by atoms with Crippen LogP contribution in [0.4, 0.5) is 26.3 Å². The van der Waals surface area contributed by atoms with E-state index in [2.05, 4.69) is 33.6 Å². The van der Waals surface area contributed by atoms with Crippen LogP contribution >= 0.6 is 0 Å². The molecule has 11 nitrogen and oxygen atoms in total. The van der Waals surface area contributed by atoms with E-state index in [1.54, 1.807) is 6.20 Å². The zero-order valence-electron chi connectivity index (χ0n) is 24.7. The second kappa shape index (κ2) is 17.0. The number of nitrogens with zero attached hydrogens (tertiary/aromatic N) is 5. The minimum absolute atomic E-state index is 0.132. The number of nitrogens with one attached hydrogen (secondary N) is 1. The fourth-order valence-electron chi connectivity index (χ4n) is 3.89. The van der Waals surface area contributed by atoms with Crippen molar-refractivity contribution in [2.24, 2.45) is 0 Å². The van der Waals surface area contributed by atoms with E-state index in [-0.39, 0.29) is 5.91 Å². The molecule has 3 N–H and O–H groups in total. The first kappa shape index (κ1) is 37.3. The Hall–Kier alpha value is -4.93. The van der Waals surface area contributed by atoms with Gasteiger partial charge in [-0.05, 0) is 56.4 Å². The Morgan fingerprint density at radius 2 is 1.50 bits per heavy atom. The van der Waals surface area contributed by atoms with Crippen LogP contribution in [0.5, 0.6) is 0 Å². The number of alkyl halides is 6. The normalized spacial score (nSPS) is 11.3. The minimum atomic E-state index is -5.08. The van der Waals surface area contributed by atoms with Crippen molar-refractivity contribution in [3.8, 4) is 11.4 Å². The van der Waals surface area contributed by atoms with Gasteiger partial charge in [-0.3, -0.25) is 14.2 Å². The van der Waals surface area contributed by atoms with Gasteiger partial charge in [0.2, 0.25) is 0 Å². The number of rotatable bonds is 10. The fraction of sp³-hybridized carbons (Fsp3) is 0.345. The van der Waals surface area contributed by atoms with Crippen molar-refractivity contribution in [1.29, 1.82) is 0 Å². The highest BCUT2D eigenvalue weighted by atomic mass is 19.4. The van der Waals surface area contributed by atoms with Gasteiger partial charge in [-0.2, -0.15) is 26.3 Å². The molecule has 0 saturated carbocycles. The van der Waals surface area contributed by atoms with Crippen LogP contribution in [0.25, 0.3) is 16.9 Å². The lowest BCUT2D eigenvalue weighted by Crippen LogP contribution is -2.30. The van der Waals surface area contributed by atoms with Gasteiger partial charge in [-0.25, -0.2) is 14.6 Å². The zero-order valence-corrected chi connectivity index (χ0v) is 24.7. The van der Waals surface area contributed by atoms with Crippen LogP contribution in [0, 0.1) is 0 Å². The predicted molar refractivity (Wildman–Crippen MR) is 154 cm³/mol. The number of aliphatic carboxylic acids is 2. The predicted octanol–water partition coefficient (Wildman–Crippen LogP) is 4.97. The summed E-state index contributed by atoms with van der Waals surface area (Å²) >= 11 is 0. The van der Waals surface area contributed by atoms with E-state index in [9.17, 15) is 31.1 Å². The Balaban J connectivity index is 0.000000440.